The van der Waals surface area contributed by atoms with Crippen molar-refractivity contribution in [3.63, 3.8) is 0 Å². The molecule has 136 valence electrons. The third-order valence-electron chi connectivity index (χ3n) is 4.00. The van der Waals surface area contributed by atoms with Crippen LogP contribution in [0.15, 0.2) is 60.7 Å². The number of nitrogens with two attached hydrogens (primary N) is 1. The van der Waals surface area contributed by atoms with Crippen LogP contribution in [0.25, 0.3) is 0 Å². The molecule has 0 atom stereocenters. The van der Waals surface area contributed by atoms with Crippen molar-refractivity contribution in [2.45, 2.75) is 20.0 Å². The van der Waals surface area contributed by atoms with Crippen LogP contribution in [0, 0.1) is 0 Å². The Labute approximate surface area is 157 Å². The van der Waals surface area contributed by atoms with Gasteiger partial charge in [-0.05, 0) is 18.1 Å². The fraction of sp³-hybridized carbons (Fsp3) is 0.350. The zero-order chi connectivity index (χ0) is 17.2. The summed E-state index contributed by atoms with van der Waals surface area (Å²) in [6.07, 6.45) is 0. The number of carbonyl (C=O) groups is 1. The van der Waals surface area contributed by atoms with Gasteiger partial charge in [-0.1, -0.05) is 60.7 Å². The van der Waals surface area contributed by atoms with Gasteiger partial charge in [0.05, 0.1) is 6.54 Å². The Balaban J connectivity index is 0.00000312. The zero-order valence-electron chi connectivity index (χ0n) is 14.8. The lowest BCUT2D eigenvalue weighted by molar-refractivity contribution is -0.133. The van der Waals surface area contributed by atoms with Gasteiger partial charge in [0, 0.05) is 32.7 Å². The highest BCUT2D eigenvalue weighted by atomic mass is 35.5. The number of nitrogens with zero attached hydrogens (tertiary/aromatic N) is 2. The molecule has 0 aliphatic rings. The predicted molar refractivity (Wildman–Crippen MR) is 106 cm³/mol. The van der Waals surface area contributed by atoms with E-state index >= 15 is 0 Å². The molecule has 0 saturated carbocycles. The first-order valence-corrected chi connectivity index (χ1v) is 8.51. The van der Waals surface area contributed by atoms with Crippen LogP contribution in [-0.4, -0.2) is 41.9 Å². The highest BCUT2D eigenvalue weighted by molar-refractivity contribution is 5.85. The summed E-state index contributed by atoms with van der Waals surface area (Å²) in [6, 6.07) is 20.3. The van der Waals surface area contributed by atoms with Gasteiger partial charge in [0.2, 0.25) is 5.91 Å². The molecule has 0 aliphatic carbocycles. The highest BCUT2D eigenvalue weighted by Gasteiger charge is 2.16. The van der Waals surface area contributed by atoms with Gasteiger partial charge in [0.1, 0.15) is 0 Å². The van der Waals surface area contributed by atoms with E-state index in [1.165, 1.54) is 5.56 Å². The zero-order valence-corrected chi connectivity index (χ0v) is 15.6. The Bertz CT molecular complexity index is 607. The molecule has 0 unspecified atom stereocenters. The van der Waals surface area contributed by atoms with Crippen LogP contribution in [0.2, 0.25) is 0 Å². The summed E-state index contributed by atoms with van der Waals surface area (Å²) in [5.74, 6) is 0.144. The average Bonchev–Trinajstić information content (AvgIpc) is 2.61. The van der Waals surface area contributed by atoms with E-state index in [4.69, 9.17) is 5.73 Å². The van der Waals surface area contributed by atoms with Crippen molar-refractivity contribution in [2.75, 3.05) is 26.2 Å². The first-order valence-electron chi connectivity index (χ1n) is 8.51. The number of likely N-dealkylation sites (N-methyl/N-ethyl adjacent to an activating group) is 1. The van der Waals surface area contributed by atoms with E-state index in [1.807, 2.05) is 48.2 Å². The predicted octanol–water partition coefficient (Wildman–Crippen LogP) is 2.92. The molecule has 0 fully saturated rings. The summed E-state index contributed by atoms with van der Waals surface area (Å²) in [4.78, 5) is 16.7. The van der Waals surface area contributed by atoms with Crippen molar-refractivity contribution in [3.05, 3.63) is 71.8 Å². The van der Waals surface area contributed by atoms with Crippen LogP contribution in [0.3, 0.4) is 0 Å². The first kappa shape index (κ1) is 21.2. The minimum atomic E-state index is 0. The molecule has 2 aromatic rings. The topological polar surface area (TPSA) is 49.6 Å². The third-order valence-corrected chi connectivity index (χ3v) is 4.00. The number of carbonyl (C=O) groups excluding carboxylic acids is 1. The van der Waals surface area contributed by atoms with Gasteiger partial charge in [-0.25, -0.2) is 0 Å². The second-order valence-electron chi connectivity index (χ2n) is 5.88. The SMILES string of the molecule is CCN(Cc1ccccc1)C(=O)CN(CCN)Cc1ccccc1.Cl. The largest absolute Gasteiger partial charge is 0.338 e. The van der Waals surface area contributed by atoms with E-state index in [0.717, 1.165) is 12.1 Å². The maximum Gasteiger partial charge on any atom is 0.237 e. The Morgan fingerprint density at radius 3 is 1.92 bits per heavy atom. The van der Waals surface area contributed by atoms with Crippen LogP contribution in [-0.2, 0) is 17.9 Å². The van der Waals surface area contributed by atoms with E-state index in [9.17, 15) is 4.79 Å². The number of benzene rings is 2. The van der Waals surface area contributed by atoms with Crippen LogP contribution in [0.5, 0.6) is 0 Å². The molecule has 0 saturated heterocycles. The maximum absolute atomic E-state index is 12.7. The minimum absolute atomic E-state index is 0. The van der Waals surface area contributed by atoms with Crippen LogP contribution in [0.4, 0.5) is 0 Å². The Hall–Kier alpha value is -1.88. The number of hydrogen-bond donors (Lipinski definition) is 1. The summed E-state index contributed by atoms with van der Waals surface area (Å²) in [6.45, 7) is 5.77. The number of rotatable bonds is 9. The smallest absolute Gasteiger partial charge is 0.237 e. The van der Waals surface area contributed by atoms with Gasteiger partial charge in [-0.2, -0.15) is 0 Å². The molecule has 25 heavy (non-hydrogen) atoms. The van der Waals surface area contributed by atoms with Crippen molar-refractivity contribution in [1.82, 2.24) is 9.80 Å². The lowest BCUT2D eigenvalue weighted by Gasteiger charge is -2.26. The summed E-state index contributed by atoms with van der Waals surface area (Å²) in [5.41, 5.74) is 8.08. The molecule has 0 heterocycles. The lowest BCUT2D eigenvalue weighted by atomic mass is 10.2. The van der Waals surface area contributed by atoms with Crippen molar-refractivity contribution in [2.24, 2.45) is 5.73 Å². The summed E-state index contributed by atoms with van der Waals surface area (Å²) < 4.78 is 0. The normalized spacial score (nSPS) is 10.4. The van der Waals surface area contributed by atoms with Gasteiger partial charge >= 0.3 is 0 Å². The number of hydrogen-bond acceptors (Lipinski definition) is 3. The Kier molecular flexibility index (Phi) is 9.85. The second-order valence-corrected chi connectivity index (χ2v) is 5.88. The summed E-state index contributed by atoms with van der Waals surface area (Å²) in [7, 11) is 0. The first-order chi connectivity index (χ1) is 11.7. The van der Waals surface area contributed by atoms with Crippen LogP contribution in [0.1, 0.15) is 18.1 Å². The fourth-order valence-electron chi connectivity index (χ4n) is 2.71. The molecule has 0 aliphatic heterocycles. The fourth-order valence-corrected chi connectivity index (χ4v) is 2.71. The van der Waals surface area contributed by atoms with Gasteiger partial charge in [-0.15, -0.1) is 12.4 Å². The monoisotopic (exact) mass is 361 g/mol. The molecule has 0 aromatic heterocycles. The molecule has 5 heteroatoms. The van der Waals surface area contributed by atoms with Gasteiger partial charge in [0.15, 0.2) is 0 Å². The summed E-state index contributed by atoms with van der Waals surface area (Å²) in [5, 5.41) is 0. The second kappa shape index (κ2) is 11.6. The lowest BCUT2D eigenvalue weighted by Crippen LogP contribution is -2.41. The van der Waals surface area contributed by atoms with Crippen molar-refractivity contribution < 1.29 is 4.79 Å². The molecule has 2 rings (SSSR count). The molecular formula is C20H28ClN3O. The quantitative estimate of drug-likeness (QED) is 0.747. The van der Waals surface area contributed by atoms with Crippen molar-refractivity contribution in [3.8, 4) is 0 Å². The minimum Gasteiger partial charge on any atom is -0.338 e. The van der Waals surface area contributed by atoms with E-state index < -0.39 is 0 Å². The van der Waals surface area contributed by atoms with Crippen LogP contribution < -0.4 is 5.73 Å². The molecule has 1 amide bonds. The van der Waals surface area contributed by atoms with E-state index in [0.29, 0.717) is 32.7 Å². The molecule has 0 radical (unpaired) electrons. The average molecular weight is 362 g/mol. The van der Waals surface area contributed by atoms with E-state index in [2.05, 4.69) is 29.2 Å². The van der Waals surface area contributed by atoms with E-state index in [-0.39, 0.29) is 18.3 Å². The Morgan fingerprint density at radius 2 is 1.44 bits per heavy atom. The maximum atomic E-state index is 12.7. The van der Waals surface area contributed by atoms with Crippen molar-refractivity contribution in [1.29, 1.82) is 0 Å². The highest BCUT2D eigenvalue weighted by Crippen LogP contribution is 2.08. The van der Waals surface area contributed by atoms with Crippen LogP contribution >= 0.6 is 12.4 Å². The standard InChI is InChI=1S/C20H27N3O.ClH/c1-2-23(16-19-11-7-4-8-12-19)20(24)17-22(14-13-21)15-18-9-5-3-6-10-18;/h3-12H,2,13-17,21H2,1H3;1H. The van der Waals surface area contributed by atoms with Gasteiger partial charge < -0.3 is 10.6 Å². The molecule has 4 nitrogen and oxygen atoms in total. The number of amides is 1. The molecular weight excluding hydrogens is 334 g/mol. The molecule has 0 bridgehead atoms. The molecule has 2 N–H and O–H groups in total. The number of halogens is 1. The van der Waals surface area contributed by atoms with E-state index in [1.54, 1.807) is 0 Å². The van der Waals surface area contributed by atoms with Gasteiger partial charge in [0.25, 0.3) is 0 Å². The van der Waals surface area contributed by atoms with Gasteiger partial charge in [-0.3, -0.25) is 9.69 Å². The molecule has 2 aromatic carbocycles. The Morgan fingerprint density at radius 1 is 0.920 bits per heavy atom. The third kappa shape index (κ3) is 7.26. The molecule has 0 spiro atoms. The summed E-state index contributed by atoms with van der Waals surface area (Å²) >= 11 is 0. The van der Waals surface area contributed by atoms with Crippen molar-refractivity contribution >= 4 is 18.3 Å².